The first-order valence-corrected chi connectivity index (χ1v) is 7.40. The van der Waals surface area contributed by atoms with E-state index in [9.17, 15) is 0 Å². The van der Waals surface area contributed by atoms with E-state index in [0.717, 1.165) is 30.2 Å². The van der Waals surface area contributed by atoms with Crippen LogP contribution in [0.2, 0.25) is 0 Å². The predicted octanol–water partition coefficient (Wildman–Crippen LogP) is 2.73. The zero-order valence-electron chi connectivity index (χ0n) is 12.1. The lowest BCUT2D eigenvalue weighted by molar-refractivity contribution is 0.0365. The van der Waals surface area contributed by atoms with Crippen molar-refractivity contribution in [2.45, 2.75) is 52.0 Å². The van der Waals surface area contributed by atoms with E-state index < -0.39 is 0 Å². The summed E-state index contributed by atoms with van der Waals surface area (Å²) >= 11 is 0. The molecule has 5 atom stereocenters. The van der Waals surface area contributed by atoms with Crippen molar-refractivity contribution in [1.29, 1.82) is 0 Å². The molecule has 2 rings (SSSR count). The monoisotopic (exact) mass is 238 g/mol. The minimum absolute atomic E-state index is 0.300. The maximum absolute atomic E-state index is 6.14. The zero-order chi connectivity index (χ0) is 12.6. The van der Waals surface area contributed by atoms with E-state index in [1.54, 1.807) is 0 Å². The van der Waals surface area contributed by atoms with Gasteiger partial charge in [-0.2, -0.15) is 0 Å². The molecule has 2 N–H and O–H groups in total. The van der Waals surface area contributed by atoms with Crippen LogP contribution in [0.25, 0.3) is 0 Å². The zero-order valence-corrected chi connectivity index (χ0v) is 12.1. The number of nitrogens with two attached hydrogens (primary N) is 1. The first-order valence-electron chi connectivity index (χ1n) is 7.40. The second-order valence-electron chi connectivity index (χ2n) is 6.98. The molecule has 0 aromatic rings. The molecule has 0 amide bonds. The van der Waals surface area contributed by atoms with Gasteiger partial charge in [-0.3, -0.25) is 4.90 Å². The van der Waals surface area contributed by atoms with Gasteiger partial charge >= 0.3 is 0 Å². The summed E-state index contributed by atoms with van der Waals surface area (Å²) in [4.78, 5) is 2.60. The van der Waals surface area contributed by atoms with Crippen molar-refractivity contribution in [3.05, 3.63) is 0 Å². The van der Waals surface area contributed by atoms with E-state index >= 15 is 0 Å². The predicted molar refractivity (Wildman–Crippen MR) is 73.9 cm³/mol. The fourth-order valence-electron chi connectivity index (χ4n) is 3.57. The van der Waals surface area contributed by atoms with Crippen LogP contribution in [0.15, 0.2) is 0 Å². The molecule has 2 aliphatic rings. The molecule has 0 aliphatic heterocycles. The summed E-state index contributed by atoms with van der Waals surface area (Å²) in [5, 5.41) is 0. The van der Waals surface area contributed by atoms with Gasteiger partial charge in [-0.15, -0.1) is 0 Å². The Labute approximate surface area is 107 Å². The van der Waals surface area contributed by atoms with Crippen LogP contribution in [0.3, 0.4) is 0 Å². The lowest BCUT2D eigenvalue weighted by Gasteiger charge is -2.48. The van der Waals surface area contributed by atoms with Crippen molar-refractivity contribution in [3.63, 3.8) is 0 Å². The smallest absolute Gasteiger partial charge is 0.0331 e. The van der Waals surface area contributed by atoms with Crippen molar-refractivity contribution in [3.8, 4) is 0 Å². The molecule has 2 saturated carbocycles. The van der Waals surface area contributed by atoms with Gasteiger partial charge in [0.2, 0.25) is 0 Å². The maximum Gasteiger partial charge on any atom is 0.0331 e. The summed E-state index contributed by atoms with van der Waals surface area (Å²) in [6, 6.07) is 0. The van der Waals surface area contributed by atoms with E-state index in [1.165, 1.54) is 32.2 Å². The van der Waals surface area contributed by atoms with Gasteiger partial charge in [0.1, 0.15) is 0 Å². The molecule has 17 heavy (non-hydrogen) atoms. The summed E-state index contributed by atoms with van der Waals surface area (Å²) < 4.78 is 0. The standard InChI is InChI=1S/C15H30N2/c1-11-5-6-15(10-16,8-13(11)3)17(4)9-14-7-12(14)2/h11-14H,5-10,16H2,1-4H3. The van der Waals surface area contributed by atoms with E-state index in [4.69, 9.17) is 5.73 Å². The Morgan fingerprint density at radius 1 is 1.18 bits per heavy atom. The van der Waals surface area contributed by atoms with E-state index in [-0.39, 0.29) is 0 Å². The maximum atomic E-state index is 6.14. The molecule has 2 aliphatic carbocycles. The SMILES string of the molecule is CC1CCC(CN)(N(C)CC2CC2C)CC1C. The third-order valence-corrected chi connectivity index (χ3v) is 5.71. The molecule has 0 radical (unpaired) electrons. The Balaban J connectivity index is 1.98. The van der Waals surface area contributed by atoms with E-state index in [2.05, 4.69) is 32.7 Å². The Morgan fingerprint density at radius 3 is 2.29 bits per heavy atom. The minimum Gasteiger partial charge on any atom is -0.329 e. The second-order valence-corrected chi connectivity index (χ2v) is 6.98. The molecule has 100 valence electrons. The first kappa shape index (κ1) is 13.4. The molecule has 0 spiro atoms. The van der Waals surface area contributed by atoms with Gasteiger partial charge in [0.25, 0.3) is 0 Å². The summed E-state index contributed by atoms with van der Waals surface area (Å²) in [5.74, 6) is 3.60. The largest absolute Gasteiger partial charge is 0.329 e. The Kier molecular flexibility index (Phi) is 3.84. The summed E-state index contributed by atoms with van der Waals surface area (Å²) in [6.07, 6.45) is 5.37. The molecule has 2 fully saturated rings. The van der Waals surface area contributed by atoms with Gasteiger partial charge in [0.15, 0.2) is 0 Å². The number of likely N-dealkylation sites (N-methyl/N-ethyl adjacent to an activating group) is 1. The lowest BCUT2D eigenvalue weighted by Crippen LogP contribution is -2.56. The van der Waals surface area contributed by atoms with Gasteiger partial charge < -0.3 is 5.73 Å². The van der Waals surface area contributed by atoms with Crippen LogP contribution in [-0.4, -0.2) is 30.6 Å². The minimum atomic E-state index is 0.300. The first-order chi connectivity index (χ1) is 7.98. The van der Waals surface area contributed by atoms with Crippen LogP contribution in [0, 0.1) is 23.7 Å². The molecule has 0 heterocycles. The molecule has 5 unspecified atom stereocenters. The number of hydrogen-bond donors (Lipinski definition) is 1. The highest BCUT2D eigenvalue weighted by Gasteiger charge is 2.42. The number of nitrogens with zero attached hydrogens (tertiary/aromatic N) is 1. The Morgan fingerprint density at radius 2 is 1.82 bits per heavy atom. The van der Waals surface area contributed by atoms with Crippen molar-refractivity contribution in [1.82, 2.24) is 4.90 Å². The fourth-order valence-corrected chi connectivity index (χ4v) is 3.57. The summed E-state index contributed by atoms with van der Waals surface area (Å²) in [5.41, 5.74) is 6.44. The molecule has 0 aromatic heterocycles. The fraction of sp³-hybridized carbons (Fsp3) is 1.00. The van der Waals surface area contributed by atoms with Crippen molar-refractivity contribution < 1.29 is 0 Å². The Bertz CT molecular complexity index is 266. The van der Waals surface area contributed by atoms with E-state index in [0.29, 0.717) is 5.54 Å². The van der Waals surface area contributed by atoms with Gasteiger partial charge in [0.05, 0.1) is 0 Å². The van der Waals surface area contributed by atoms with Crippen LogP contribution in [0.1, 0.15) is 46.5 Å². The molecular formula is C15H30N2. The van der Waals surface area contributed by atoms with Crippen molar-refractivity contribution >= 4 is 0 Å². The third kappa shape index (κ3) is 2.68. The van der Waals surface area contributed by atoms with Crippen LogP contribution < -0.4 is 5.73 Å². The van der Waals surface area contributed by atoms with Gasteiger partial charge in [-0.1, -0.05) is 20.8 Å². The second kappa shape index (κ2) is 4.89. The number of rotatable bonds is 4. The Hall–Kier alpha value is -0.0800. The van der Waals surface area contributed by atoms with E-state index in [1.807, 2.05) is 0 Å². The molecule has 2 nitrogen and oxygen atoms in total. The highest BCUT2D eigenvalue weighted by atomic mass is 15.2. The van der Waals surface area contributed by atoms with Crippen LogP contribution in [0.4, 0.5) is 0 Å². The van der Waals surface area contributed by atoms with Gasteiger partial charge in [-0.05, 0) is 56.4 Å². The highest BCUT2D eigenvalue weighted by molar-refractivity contribution is 4.98. The molecule has 0 aromatic carbocycles. The molecular weight excluding hydrogens is 208 g/mol. The van der Waals surface area contributed by atoms with Crippen molar-refractivity contribution in [2.24, 2.45) is 29.4 Å². The van der Waals surface area contributed by atoms with Gasteiger partial charge in [0, 0.05) is 18.6 Å². The van der Waals surface area contributed by atoms with Crippen LogP contribution in [0.5, 0.6) is 0 Å². The number of hydrogen-bond acceptors (Lipinski definition) is 2. The normalized spacial score (nSPS) is 46.2. The summed E-state index contributed by atoms with van der Waals surface area (Å²) in [6.45, 7) is 9.27. The van der Waals surface area contributed by atoms with Crippen LogP contribution in [-0.2, 0) is 0 Å². The topological polar surface area (TPSA) is 29.3 Å². The summed E-state index contributed by atoms with van der Waals surface area (Å²) in [7, 11) is 2.31. The average Bonchev–Trinajstić information content (AvgIpc) is 2.98. The lowest BCUT2D eigenvalue weighted by atomic mass is 9.70. The molecule has 2 heteroatoms. The molecule has 0 bridgehead atoms. The van der Waals surface area contributed by atoms with Crippen LogP contribution >= 0.6 is 0 Å². The quantitative estimate of drug-likeness (QED) is 0.816. The highest BCUT2D eigenvalue weighted by Crippen LogP contribution is 2.43. The molecule has 0 saturated heterocycles. The van der Waals surface area contributed by atoms with Gasteiger partial charge in [-0.25, -0.2) is 0 Å². The van der Waals surface area contributed by atoms with Crippen molar-refractivity contribution in [2.75, 3.05) is 20.1 Å². The average molecular weight is 238 g/mol. The third-order valence-electron chi connectivity index (χ3n) is 5.71.